The second-order valence-corrected chi connectivity index (χ2v) is 8.11. The van der Waals surface area contributed by atoms with Gasteiger partial charge in [-0.05, 0) is 62.8 Å². The third kappa shape index (κ3) is 6.38. The smallest absolute Gasteiger partial charge is 0.205 e. The van der Waals surface area contributed by atoms with E-state index in [0.29, 0.717) is 0 Å². The lowest BCUT2D eigenvalue weighted by Crippen LogP contribution is -2.12. The van der Waals surface area contributed by atoms with E-state index >= 15 is 0 Å². The molecule has 0 fully saturated rings. The van der Waals surface area contributed by atoms with E-state index < -0.39 is 0 Å². The van der Waals surface area contributed by atoms with Crippen molar-refractivity contribution in [3.63, 3.8) is 0 Å². The van der Waals surface area contributed by atoms with Crippen LogP contribution in [0.25, 0.3) is 0 Å². The van der Waals surface area contributed by atoms with Crippen molar-refractivity contribution in [2.24, 2.45) is 0 Å². The van der Waals surface area contributed by atoms with Gasteiger partial charge in [0.25, 0.3) is 0 Å². The molecule has 0 aromatic carbocycles. The highest BCUT2D eigenvalue weighted by Gasteiger charge is 2.15. The lowest BCUT2D eigenvalue weighted by molar-refractivity contribution is 0.103. The lowest BCUT2D eigenvalue weighted by atomic mass is 10.1. The summed E-state index contributed by atoms with van der Waals surface area (Å²) in [6, 6.07) is 7.52. The molecule has 0 aliphatic rings. The van der Waals surface area contributed by atoms with E-state index in [-0.39, 0.29) is 5.78 Å². The summed E-state index contributed by atoms with van der Waals surface area (Å²) in [7, 11) is 4.25. The molecular formula is C19H26N2OS2. The van der Waals surface area contributed by atoms with Gasteiger partial charge in [-0.15, -0.1) is 23.1 Å². The molecule has 0 saturated heterocycles. The van der Waals surface area contributed by atoms with Gasteiger partial charge in [0.15, 0.2) is 0 Å². The Kier molecular flexibility index (Phi) is 8.50. The molecule has 2 aromatic heterocycles. The van der Waals surface area contributed by atoms with Gasteiger partial charge in [0.1, 0.15) is 5.03 Å². The number of nitrogens with zero attached hydrogens (tertiary/aromatic N) is 2. The molecule has 0 N–H and O–H groups in total. The number of hydrogen-bond acceptors (Lipinski definition) is 5. The van der Waals surface area contributed by atoms with Crippen molar-refractivity contribution in [2.75, 3.05) is 26.4 Å². The van der Waals surface area contributed by atoms with Crippen LogP contribution in [0.5, 0.6) is 0 Å². The van der Waals surface area contributed by atoms with E-state index in [1.54, 1.807) is 18.0 Å². The number of unbranched alkanes of at least 4 members (excludes halogenated alkanes) is 4. The van der Waals surface area contributed by atoms with Crippen LogP contribution >= 0.6 is 23.1 Å². The molecule has 0 radical (unpaired) electrons. The van der Waals surface area contributed by atoms with Gasteiger partial charge in [0.05, 0.1) is 10.4 Å². The Labute approximate surface area is 153 Å². The van der Waals surface area contributed by atoms with Crippen molar-refractivity contribution < 1.29 is 4.79 Å². The van der Waals surface area contributed by atoms with Crippen LogP contribution in [0.4, 0.5) is 0 Å². The summed E-state index contributed by atoms with van der Waals surface area (Å²) in [5.41, 5.74) is 0.732. The van der Waals surface area contributed by atoms with Crippen LogP contribution in [0.1, 0.15) is 47.3 Å². The molecule has 24 heavy (non-hydrogen) atoms. The van der Waals surface area contributed by atoms with Gasteiger partial charge in [-0.1, -0.05) is 25.3 Å². The fourth-order valence-corrected chi connectivity index (χ4v) is 4.12. The van der Waals surface area contributed by atoms with E-state index in [9.17, 15) is 4.79 Å². The summed E-state index contributed by atoms with van der Waals surface area (Å²) >= 11 is 3.19. The van der Waals surface area contributed by atoms with Crippen molar-refractivity contribution in [1.29, 1.82) is 0 Å². The van der Waals surface area contributed by atoms with Crippen molar-refractivity contribution >= 4 is 28.9 Å². The molecular weight excluding hydrogens is 336 g/mol. The minimum absolute atomic E-state index is 0.0873. The number of rotatable bonds is 11. The fraction of sp³-hybridized carbons (Fsp3) is 0.474. The van der Waals surface area contributed by atoms with Crippen molar-refractivity contribution in [3.8, 4) is 0 Å². The zero-order chi connectivity index (χ0) is 17.2. The Bertz CT molecular complexity index is 612. The average Bonchev–Trinajstić information content (AvgIpc) is 3.11. The molecule has 0 bridgehead atoms. The number of ketones is 1. The lowest BCUT2D eigenvalue weighted by Gasteiger charge is -2.09. The molecule has 0 unspecified atom stereocenters. The Morgan fingerprint density at radius 3 is 2.67 bits per heavy atom. The number of carbonyl (C=O) groups excluding carboxylic acids is 1. The Morgan fingerprint density at radius 1 is 1.12 bits per heavy atom. The summed E-state index contributed by atoms with van der Waals surface area (Å²) < 4.78 is 0. The topological polar surface area (TPSA) is 33.2 Å². The van der Waals surface area contributed by atoms with Gasteiger partial charge in [-0.25, -0.2) is 4.98 Å². The van der Waals surface area contributed by atoms with Crippen LogP contribution in [-0.4, -0.2) is 42.1 Å². The molecule has 3 nitrogen and oxygen atoms in total. The van der Waals surface area contributed by atoms with Crippen LogP contribution in [0, 0.1) is 0 Å². The number of carbonyl (C=O) groups is 1. The highest BCUT2D eigenvalue weighted by Crippen LogP contribution is 2.25. The maximum atomic E-state index is 12.5. The summed E-state index contributed by atoms with van der Waals surface area (Å²) in [6.45, 7) is 1.18. The zero-order valence-electron chi connectivity index (χ0n) is 14.5. The third-order valence-electron chi connectivity index (χ3n) is 3.75. The van der Waals surface area contributed by atoms with E-state index in [2.05, 4.69) is 24.0 Å². The summed E-state index contributed by atoms with van der Waals surface area (Å²) in [5, 5.41) is 2.80. The normalized spacial score (nSPS) is 11.1. The van der Waals surface area contributed by atoms with E-state index in [1.807, 2.05) is 29.6 Å². The molecule has 2 aromatic rings. The van der Waals surface area contributed by atoms with E-state index in [4.69, 9.17) is 0 Å². The largest absolute Gasteiger partial charge is 0.309 e. The van der Waals surface area contributed by atoms with Gasteiger partial charge < -0.3 is 4.90 Å². The van der Waals surface area contributed by atoms with Crippen LogP contribution in [0.15, 0.2) is 40.9 Å². The molecule has 0 amide bonds. The standard InChI is InChI=1S/C19H26N2OS2/c1-21(2)13-6-4-3-5-7-14-24-19-16(10-8-12-20-19)18(22)17-11-9-15-23-17/h8-12,15H,3-7,13-14H2,1-2H3. The highest BCUT2D eigenvalue weighted by atomic mass is 32.2. The SMILES string of the molecule is CN(C)CCCCCCCSc1ncccc1C(=O)c1cccs1. The molecule has 2 rings (SSSR count). The minimum Gasteiger partial charge on any atom is -0.309 e. The number of aromatic nitrogens is 1. The first-order valence-electron chi connectivity index (χ1n) is 8.49. The summed E-state index contributed by atoms with van der Waals surface area (Å²) in [6.07, 6.45) is 8.07. The number of thioether (sulfide) groups is 1. The van der Waals surface area contributed by atoms with Gasteiger partial charge in [0, 0.05) is 6.20 Å². The van der Waals surface area contributed by atoms with Gasteiger partial charge in [-0.3, -0.25) is 4.79 Å². The molecule has 5 heteroatoms. The molecule has 0 aliphatic carbocycles. The maximum Gasteiger partial charge on any atom is 0.205 e. The quantitative estimate of drug-likeness (QED) is 0.321. The van der Waals surface area contributed by atoms with Crippen molar-refractivity contribution in [2.45, 2.75) is 37.1 Å². The van der Waals surface area contributed by atoms with Crippen LogP contribution in [0.3, 0.4) is 0 Å². The Hall–Kier alpha value is -1.17. The summed E-state index contributed by atoms with van der Waals surface area (Å²) in [4.78, 5) is 20.0. The van der Waals surface area contributed by atoms with Crippen LogP contribution in [0.2, 0.25) is 0 Å². The summed E-state index contributed by atoms with van der Waals surface area (Å²) in [5.74, 6) is 1.11. The fourth-order valence-electron chi connectivity index (χ4n) is 2.45. The average molecular weight is 363 g/mol. The van der Waals surface area contributed by atoms with Crippen molar-refractivity contribution in [3.05, 3.63) is 46.3 Å². The Morgan fingerprint density at radius 2 is 1.92 bits per heavy atom. The first kappa shape index (κ1) is 19.2. The maximum absolute atomic E-state index is 12.5. The second-order valence-electron chi connectivity index (χ2n) is 6.08. The first-order chi connectivity index (χ1) is 11.7. The van der Waals surface area contributed by atoms with Gasteiger partial charge in [-0.2, -0.15) is 0 Å². The molecule has 2 heterocycles. The zero-order valence-corrected chi connectivity index (χ0v) is 16.2. The molecule has 130 valence electrons. The third-order valence-corrected chi connectivity index (χ3v) is 5.71. The van der Waals surface area contributed by atoms with Crippen molar-refractivity contribution in [1.82, 2.24) is 9.88 Å². The number of hydrogen-bond donors (Lipinski definition) is 0. The first-order valence-corrected chi connectivity index (χ1v) is 10.4. The van der Waals surface area contributed by atoms with E-state index in [1.165, 1.54) is 50.0 Å². The monoisotopic (exact) mass is 362 g/mol. The molecule has 0 spiro atoms. The predicted molar refractivity (Wildman–Crippen MR) is 104 cm³/mol. The van der Waals surface area contributed by atoms with Gasteiger partial charge >= 0.3 is 0 Å². The second kappa shape index (κ2) is 10.6. The minimum atomic E-state index is 0.0873. The highest BCUT2D eigenvalue weighted by molar-refractivity contribution is 7.99. The van der Waals surface area contributed by atoms with Crippen LogP contribution in [-0.2, 0) is 0 Å². The number of pyridine rings is 1. The molecule has 0 aliphatic heterocycles. The predicted octanol–water partition coefficient (Wildman–Crippen LogP) is 4.98. The molecule has 0 saturated carbocycles. The Balaban J connectivity index is 1.74. The number of thiophene rings is 1. The molecule has 0 atom stereocenters. The van der Waals surface area contributed by atoms with E-state index in [0.717, 1.165) is 21.2 Å². The van der Waals surface area contributed by atoms with Crippen LogP contribution < -0.4 is 0 Å². The van der Waals surface area contributed by atoms with Gasteiger partial charge in [0.2, 0.25) is 5.78 Å².